The quantitative estimate of drug-likeness (QED) is 0.763. The molecule has 2 aliphatic rings. The summed E-state index contributed by atoms with van der Waals surface area (Å²) in [6, 6.07) is 0.537. The summed E-state index contributed by atoms with van der Waals surface area (Å²) in [7, 11) is 0. The number of aryl methyl sites for hydroxylation is 1. The number of H-pyrrole nitrogens is 1. The molecule has 4 nitrogen and oxygen atoms in total. The van der Waals surface area contributed by atoms with Crippen molar-refractivity contribution in [1.29, 1.82) is 0 Å². The molecule has 1 aromatic rings. The van der Waals surface area contributed by atoms with Gasteiger partial charge in [-0.25, -0.2) is 4.98 Å². The monoisotopic (exact) mass is 205 g/mol. The van der Waals surface area contributed by atoms with Gasteiger partial charge in [-0.15, -0.1) is 0 Å². The minimum atomic E-state index is 0.0582. The molecule has 0 aromatic carbocycles. The van der Waals surface area contributed by atoms with Gasteiger partial charge in [0.25, 0.3) is 5.56 Å². The summed E-state index contributed by atoms with van der Waals surface area (Å²) in [6.07, 6.45) is 6.51. The maximum Gasteiger partial charge on any atom is 0.255 e. The first-order valence-corrected chi connectivity index (χ1v) is 5.71. The molecule has 15 heavy (non-hydrogen) atoms. The molecule has 80 valence electrons. The number of nitrogens with one attached hydrogen (secondary N) is 2. The summed E-state index contributed by atoms with van der Waals surface area (Å²) < 4.78 is 0. The first kappa shape index (κ1) is 8.95. The summed E-state index contributed by atoms with van der Waals surface area (Å²) in [4.78, 5) is 19.1. The van der Waals surface area contributed by atoms with Gasteiger partial charge < -0.3 is 5.32 Å². The highest BCUT2D eigenvalue weighted by Gasteiger charge is 2.23. The van der Waals surface area contributed by atoms with Crippen molar-refractivity contribution in [3.8, 4) is 0 Å². The fourth-order valence-electron chi connectivity index (χ4n) is 2.09. The predicted molar refractivity (Wildman–Crippen MR) is 58.1 cm³/mol. The standard InChI is InChI=1S/C11H15N3O/c15-10-8-3-1-2-4-9(8)13-11(14-10)12-7-5-6-7/h7H,1-6H2,(H2,12,13,14,15). The second kappa shape index (κ2) is 3.36. The van der Waals surface area contributed by atoms with E-state index >= 15 is 0 Å². The zero-order chi connectivity index (χ0) is 10.3. The van der Waals surface area contributed by atoms with Gasteiger partial charge >= 0.3 is 0 Å². The van der Waals surface area contributed by atoms with Crippen LogP contribution in [0.1, 0.15) is 36.9 Å². The molecule has 2 N–H and O–H groups in total. The zero-order valence-corrected chi connectivity index (χ0v) is 8.68. The number of rotatable bonds is 2. The van der Waals surface area contributed by atoms with Crippen LogP contribution in [0.4, 0.5) is 5.95 Å². The Morgan fingerprint density at radius 1 is 1.27 bits per heavy atom. The van der Waals surface area contributed by atoms with Crippen LogP contribution < -0.4 is 10.9 Å². The highest BCUT2D eigenvalue weighted by atomic mass is 16.1. The van der Waals surface area contributed by atoms with Gasteiger partial charge in [0.2, 0.25) is 5.95 Å². The minimum absolute atomic E-state index is 0.0582. The topological polar surface area (TPSA) is 57.8 Å². The van der Waals surface area contributed by atoms with E-state index in [0.717, 1.165) is 36.9 Å². The maximum atomic E-state index is 11.8. The Morgan fingerprint density at radius 3 is 2.87 bits per heavy atom. The molecule has 0 saturated heterocycles. The van der Waals surface area contributed by atoms with Gasteiger partial charge in [0.05, 0.1) is 5.69 Å². The van der Waals surface area contributed by atoms with Crippen molar-refractivity contribution in [2.24, 2.45) is 0 Å². The van der Waals surface area contributed by atoms with Crippen LogP contribution in [0.15, 0.2) is 4.79 Å². The zero-order valence-electron chi connectivity index (χ0n) is 8.68. The molecule has 2 aliphatic carbocycles. The van der Waals surface area contributed by atoms with E-state index in [1.807, 2.05) is 0 Å². The lowest BCUT2D eigenvalue weighted by Crippen LogP contribution is -2.23. The Morgan fingerprint density at radius 2 is 2.07 bits per heavy atom. The lowest BCUT2D eigenvalue weighted by molar-refractivity contribution is 0.657. The van der Waals surface area contributed by atoms with Gasteiger partial charge in [0.1, 0.15) is 0 Å². The van der Waals surface area contributed by atoms with Gasteiger partial charge in [0, 0.05) is 11.6 Å². The second-order valence-electron chi connectivity index (χ2n) is 4.47. The summed E-state index contributed by atoms with van der Waals surface area (Å²) in [5.41, 5.74) is 1.97. The Bertz CT molecular complexity index is 434. The van der Waals surface area contributed by atoms with Crippen LogP contribution in [0.5, 0.6) is 0 Å². The van der Waals surface area contributed by atoms with Gasteiger partial charge in [-0.1, -0.05) is 0 Å². The van der Waals surface area contributed by atoms with Crippen LogP contribution in [-0.4, -0.2) is 16.0 Å². The Hall–Kier alpha value is -1.32. The van der Waals surface area contributed by atoms with E-state index in [-0.39, 0.29) is 5.56 Å². The van der Waals surface area contributed by atoms with E-state index < -0.39 is 0 Å². The fourth-order valence-corrected chi connectivity index (χ4v) is 2.09. The molecule has 4 heteroatoms. The fraction of sp³-hybridized carbons (Fsp3) is 0.636. The highest BCUT2D eigenvalue weighted by molar-refractivity contribution is 5.33. The molecular formula is C11H15N3O. The number of fused-ring (bicyclic) bond motifs is 1. The molecule has 0 atom stereocenters. The Kier molecular flexibility index (Phi) is 2.01. The highest BCUT2D eigenvalue weighted by Crippen LogP contribution is 2.23. The minimum Gasteiger partial charge on any atom is -0.353 e. The molecule has 0 radical (unpaired) electrons. The number of aromatic amines is 1. The molecule has 1 saturated carbocycles. The van der Waals surface area contributed by atoms with Gasteiger partial charge in [-0.05, 0) is 38.5 Å². The van der Waals surface area contributed by atoms with Crippen LogP contribution >= 0.6 is 0 Å². The Labute approximate surface area is 88.1 Å². The summed E-state index contributed by atoms with van der Waals surface area (Å²) in [5.74, 6) is 0.670. The van der Waals surface area contributed by atoms with E-state index in [1.54, 1.807) is 0 Å². The SMILES string of the molecule is O=c1[nH]c(NC2CC2)nc2c1CCCC2. The molecule has 1 heterocycles. The number of hydrogen-bond acceptors (Lipinski definition) is 3. The molecule has 1 aromatic heterocycles. The van der Waals surface area contributed by atoms with Gasteiger partial charge in [-0.3, -0.25) is 9.78 Å². The lowest BCUT2D eigenvalue weighted by Gasteiger charge is -2.14. The van der Waals surface area contributed by atoms with Crippen LogP contribution in [0.25, 0.3) is 0 Å². The first-order chi connectivity index (χ1) is 7.33. The van der Waals surface area contributed by atoms with Crippen LogP contribution in [0.3, 0.4) is 0 Å². The average molecular weight is 205 g/mol. The van der Waals surface area contributed by atoms with E-state index in [0.29, 0.717) is 12.0 Å². The van der Waals surface area contributed by atoms with Crippen molar-refractivity contribution in [2.75, 3.05) is 5.32 Å². The summed E-state index contributed by atoms with van der Waals surface area (Å²) in [6.45, 7) is 0. The number of nitrogens with zero attached hydrogens (tertiary/aromatic N) is 1. The molecule has 0 amide bonds. The number of anilines is 1. The second-order valence-corrected chi connectivity index (χ2v) is 4.47. The smallest absolute Gasteiger partial charge is 0.255 e. The molecule has 1 fully saturated rings. The number of aromatic nitrogens is 2. The van der Waals surface area contributed by atoms with E-state index in [1.165, 1.54) is 12.8 Å². The van der Waals surface area contributed by atoms with Crippen LogP contribution in [0, 0.1) is 0 Å². The third-order valence-electron chi connectivity index (χ3n) is 3.11. The van der Waals surface area contributed by atoms with Crippen molar-refractivity contribution in [3.05, 3.63) is 21.6 Å². The molecule has 0 spiro atoms. The molecule has 3 rings (SSSR count). The third kappa shape index (κ3) is 1.76. The van der Waals surface area contributed by atoms with Crippen molar-refractivity contribution in [1.82, 2.24) is 9.97 Å². The summed E-state index contributed by atoms with van der Waals surface area (Å²) in [5, 5.41) is 3.24. The van der Waals surface area contributed by atoms with Crippen molar-refractivity contribution < 1.29 is 0 Å². The van der Waals surface area contributed by atoms with Gasteiger partial charge in [0.15, 0.2) is 0 Å². The molecular weight excluding hydrogens is 190 g/mol. The predicted octanol–water partition coefficient (Wildman–Crippen LogP) is 1.22. The van der Waals surface area contributed by atoms with Gasteiger partial charge in [-0.2, -0.15) is 0 Å². The van der Waals surface area contributed by atoms with E-state index in [2.05, 4.69) is 15.3 Å². The van der Waals surface area contributed by atoms with Crippen molar-refractivity contribution in [2.45, 2.75) is 44.6 Å². The first-order valence-electron chi connectivity index (χ1n) is 5.71. The summed E-state index contributed by atoms with van der Waals surface area (Å²) >= 11 is 0. The lowest BCUT2D eigenvalue weighted by atomic mass is 9.97. The normalized spacial score (nSPS) is 19.7. The molecule has 0 aliphatic heterocycles. The molecule has 0 unspecified atom stereocenters. The van der Waals surface area contributed by atoms with Crippen LogP contribution in [-0.2, 0) is 12.8 Å². The van der Waals surface area contributed by atoms with Crippen molar-refractivity contribution in [3.63, 3.8) is 0 Å². The maximum absolute atomic E-state index is 11.8. The van der Waals surface area contributed by atoms with Crippen LogP contribution in [0.2, 0.25) is 0 Å². The van der Waals surface area contributed by atoms with E-state index in [4.69, 9.17) is 0 Å². The van der Waals surface area contributed by atoms with Crippen molar-refractivity contribution >= 4 is 5.95 Å². The average Bonchev–Trinajstić information content (AvgIpc) is 3.02. The van der Waals surface area contributed by atoms with E-state index in [9.17, 15) is 4.79 Å². The largest absolute Gasteiger partial charge is 0.353 e. The molecule has 0 bridgehead atoms. The number of hydrogen-bond donors (Lipinski definition) is 2. The Balaban J connectivity index is 1.96. The third-order valence-corrected chi connectivity index (χ3v) is 3.11.